The zero-order chi connectivity index (χ0) is 12.3. The Hall–Kier alpha value is -1.61. The molecular formula is C14H19N3. The van der Waals surface area contributed by atoms with Crippen molar-refractivity contribution in [1.82, 2.24) is 9.78 Å². The van der Waals surface area contributed by atoms with Gasteiger partial charge in [-0.05, 0) is 24.5 Å². The van der Waals surface area contributed by atoms with Crippen molar-refractivity contribution < 1.29 is 0 Å². The maximum absolute atomic E-state index is 6.24. The molecule has 0 fully saturated rings. The normalized spacial score (nSPS) is 12.6. The number of aromatic nitrogens is 2. The smallest absolute Gasteiger partial charge is 0.0625 e. The predicted octanol–water partition coefficient (Wildman–Crippen LogP) is 2.22. The first-order chi connectivity index (χ1) is 8.20. The van der Waals surface area contributed by atoms with Crippen LogP contribution in [0.3, 0.4) is 0 Å². The molecule has 2 aromatic rings. The van der Waals surface area contributed by atoms with Crippen LogP contribution >= 0.6 is 0 Å². The van der Waals surface area contributed by atoms with Crippen molar-refractivity contribution in [1.29, 1.82) is 0 Å². The van der Waals surface area contributed by atoms with E-state index in [4.69, 9.17) is 5.73 Å². The van der Waals surface area contributed by atoms with Gasteiger partial charge in [-0.2, -0.15) is 5.10 Å². The van der Waals surface area contributed by atoms with E-state index in [1.807, 2.05) is 29.9 Å². The molecule has 3 heteroatoms. The zero-order valence-corrected chi connectivity index (χ0v) is 10.4. The van der Waals surface area contributed by atoms with E-state index in [9.17, 15) is 0 Å². The monoisotopic (exact) mass is 229 g/mol. The number of rotatable bonds is 4. The standard InChI is InChI=1S/C14H19N3/c1-3-12-10-14(17(2)16-12)13(15)9-11-7-5-4-6-8-11/h4-8,10,13H,3,9,15H2,1-2H3. The summed E-state index contributed by atoms with van der Waals surface area (Å²) in [6.45, 7) is 2.11. The molecule has 0 bridgehead atoms. The third-order valence-electron chi connectivity index (χ3n) is 3.01. The quantitative estimate of drug-likeness (QED) is 0.873. The Morgan fingerprint density at radius 3 is 2.59 bits per heavy atom. The van der Waals surface area contributed by atoms with Crippen molar-refractivity contribution >= 4 is 0 Å². The Morgan fingerprint density at radius 1 is 1.29 bits per heavy atom. The van der Waals surface area contributed by atoms with Gasteiger partial charge in [-0.1, -0.05) is 37.3 Å². The molecule has 0 saturated heterocycles. The molecule has 3 nitrogen and oxygen atoms in total. The Kier molecular flexibility index (Phi) is 3.59. The lowest BCUT2D eigenvalue weighted by Crippen LogP contribution is -2.17. The van der Waals surface area contributed by atoms with E-state index in [2.05, 4.69) is 30.2 Å². The molecule has 90 valence electrons. The minimum atomic E-state index is 0.00944. The minimum absolute atomic E-state index is 0.00944. The van der Waals surface area contributed by atoms with E-state index >= 15 is 0 Å². The maximum Gasteiger partial charge on any atom is 0.0625 e. The molecule has 2 N–H and O–H groups in total. The lowest BCUT2D eigenvalue weighted by molar-refractivity contribution is 0.614. The van der Waals surface area contributed by atoms with Crippen LogP contribution in [0.4, 0.5) is 0 Å². The van der Waals surface area contributed by atoms with Crippen molar-refractivity contribution in [2.75, 3.05) is 0 Å². The summed E-state index contributed by atoms with van der Waals surface area (Å²) in [5.74, 6) is 0. The third-order valence-corrected chi connectivity index (χ3v) is 3.01. The molecule has 0 saturated carbocycles. The molecule has 0 spiro atoms. The third kappa shape index (κ3) is 2.74. The minimum Gasteiger partial charge on any atom is -0.322 e. The van der Waals surface area contributed by atoms with Gasteiger partial charge in [0.15, 0.2) is 0 Å². The molecular weight excluding hydrogens is 210 g/mol. The number of nitrogens with zero attached hydrogens (tertiary/aromatic N) is 2. The molecule has 17 heavy (non-hydrogen) atoms. The highest BCUT2D eigenvalue weighted by molar-refractivity contribution is 5.20. The van der Waals surface area contributed by atoms with Crippen LogP contribution in [-0.4, -0.2) is 9.78 Å². The summed E-state index contributed by atoms with van der Waals surface area (Å²) in [7, 11) is 1.96. The first-order valence-corrected chi connectivity index (χ1v) is 6.03. The van der Waals surface area contributed by atoms with E-state index in [1.165, 1.54) is 5.56 Å². The average molecular weight is 229 g/mol. The van der Waals surface area contributed by atoms with Crippen LogP contribution in [0.15, 0.2) is 36.4 Å². The fraction of sp³-hybridized carbons (Fsp3) is 0.357. The van der Waals surface area contributed by atoms with Crippen molar-refractivity contribution in [2.45, 2.75) is 25.8 Å². The summed E-state index contributed by atoms with van der Waals surface area (Å²) in [5, 5.41) is 4.43. The van der Waals surface area contributed by atoms with E-state index in [-0.39, 0.29) is 6.04 Å². The number of aryl methyl sites for hydroxylation is 2. The molecule has 0 aliphatic carbocycles. The van der Waals surface area contributed by atoms with Crippen LogP contribution in [0.2, 0.25) is 0 Å². The van der Waals surface area contributed by atoms with Gasteiger partial charge in [-0.3, -0.25) is 4.68 Å². The van der Waals surface area contributed by atoms with Gasteiger partial charge in [0.1, 0.15) is 0 Å². The Morgan fingerprint density at radius 2 is 2.00 bits per heavy atom. The summed E-state index contributed by atoms with van der Waals surface area (Å²) >= 11 is 0. The Labute approximate surface area is 102 Å². The van der Waals surface area contributed by atoms with Crippen LogP contribution in [-0.2, 0) is 19.9 Å². The van der Waals surface area contributed by atoms with Gasteiger partial charge >= 0.3 is 0 Å². The second-order valence-corrected chi connectivity index (χ2v) is 4.33. The first kappa shape index (κ1) is 11.9. The summed E-state index contributed by atoms with van der Waals surface area (Å²) in [6, 6.07) is 12.4. The molecule has 1 atom stereocenters. The molecule has 2 rings (SSSR count). The second-order valence-electron chi connectivity index (χ2n) is 4.33. The van der Waals surface area contributed by atoms with Gasteiger partial charge in [-0.15, -0.1) is 0 Å². The highest BCUT2D eigenvalue weighted by Gasteiger charge is 2.12. The Balaban J connectivity index is 2.14. The number of benzene rings is 1. The first-order valence-electron chi connectivity index (χ1n) is 6.03. The van der Waals surface area contributed by atoms with Crippen LogP contribution in [0.25, 0.3) is 0 Å². The maximum atomic E-state index is 6.24. The van der Waals surface area contributed by atoms with Gasteiger partial charge in [0.25, 0.3) is 0 Å². The highest BCUT2D eigenvalue weighted by atomic mass is 15.3. The summed E-state index contributed by atoms with van der Waals surface area (Å²) in [6.07, 6.45) is 1.80. The van der Waals surface area contributed by atoms with E-state index < -0.39 is 0 Å². The van der Waals surface area contributed by atoms with Crippen molar-refractivity contribution in [3.63, 3.8) is 0 Å². The fourth-order valence-corrected chi connectivity index (χ4v) is 2.04. The molecule has 1 aromatic carbocycles. The summed E-state index contributed by atoms with van der Waals surface area (Å²) in [4.78, 5) is 0. The fourth-order valence-electron chi connectivity index (χ4n) is 2.04. The van der Waals surface area contributed by atoms with Crippen molar-refractivity contribution in [3.8, 4) is 0 Å². The van der Waals surface area contributed by atoms with Gasteiger partial charge in [-0.25, -0.2) is 0 Å². The summed E-state index contributed by atoms with van der Waals surface area (Å²) < 4.78 is 1.90. The SMILES string of the molecule is CCc1cc(C(N)Cc2ccccc2)n(C)n1. The summed E-state index contributed by atoms with van der Waals surface area (Å²) in [5.41, 5.74) is 9.70. The van der Waals surface area contributed by atoms with Crippen LogP contribution in [0, 0.1) is 0 Å². The molecule has 0 aliphatic heterocycles. The highest BCUT2D eigenvalue weighted by Crippen LogP contribution is 2.16. The van der Waals surface area contributed by atoms with Crippen molar-refractivity contribution in [3.05, 3.63) is 53.3 Å². The number of hydrogen-bond donors (Lipinski definition) is 1. The molecule has 1 heterocycles. The molecule has 1 unspecified atom stereocenters. The number of nitrogens with two attached hydrogens (primary N) is 1. The average Bonchev–Trinajstić information content (AvgIpc) is 2.72. The van der Waals surface area contributed by atoms with Gasteiger partial charge < -0.3 is 5.73 Å². The van der Waals surface area contributed by atoms with Gasteiger partial charge in [0, 0.05) is 7.05 Å². The molecule has 0 radical (unpaired) electrons. The van der Waals surface area contributed by atoms with E-state index in [0.717, 1.165) is 24.2 Å². The topological polar surface area (TPSA) is 43.8 Å². The molecule has 1 aromatic heterocycles. The van der Waals surface area contributed by atoms with Gasteiger partial charge in [0.05, 0.1) is 17.4 Å². The van der Waals surface area contributed by atoms with Crippen LogP contribution in [0.1, 0.15) is 29.9 Å². The lowest BCUT2D eigenvalue weighted by atomic mass is 10.0. The predicted molar refractivity (Wildman–Crippen MR) is 69.7 cm³/mol. The van der Waals surface area contributed by atoms with E-state index in [1.54, 1.807) is 0 Å². The van der Waals surface area contributed by atoms with Crippen molar-refractivity contribution in [2.24, 2.45) is 12.8 Å². The second kappa shape index (κ2) is 5.15. The zero-order valence-electron chi connectivity index (χ0n) is 10.4. The molecule has 0 amide bonds. The van der Waals surface area contributed by atoms with Crippen LogP contribution < -0.4 is 5.73 Å². The van der Waals surface area contributed by atoms with Gasteiger partial charge in [0.2, 0.25) is 0 Å². The Bertz CT molecular complexity index is 473. The largest absolute Gasteiger partial charge is 0.322 e. The van der Waals surface area contributed by atoms with Crippen LogP contribution in [0.5, 0.6) is 0 Å². The van der Waals surface area contributed by atoms with E-state index in [0.29, 0.717) is 0 Å². The number of hydrogen-bond acceptors (Lipinski definition) is 2. The molecule has 0 aliphatic rings. The lowest BCUT2D eigenvalue weighted by Gasteiger charge is -2.11.